The van der Waals surface area contributed by atoms with Gasteiger partial charge in [0, 0.05) is 10.3 Å². The van der Waals surface area contributed by atoms with Crippen molar-refractivity contribution in [2.75, 3.05) is 0 Å². The van der Waals surface area contributed by atoms with Gasteiger partial charge in [0.05, 0.1) is 23.2 Å². The lowest BCUT2D eigenvalue weighted by atomic mass is 9.66. The monoisotopic (exact) mass is 422 g/mol. The lowest BCUT2D eigenvalue weighted by Gasteiger charge is -2.32. The summed E-state index contributed by atoms with van der Waals surface area (Å²) in [6.45, 7) is 7.19. The molecule has 4 nitrogen and oxygen atoms in total. The van der Waals surface area contributed by atoms with Crippen molar-refractivity contribution in [2.24, 2.45) is 0 Å². The fraction of sp³-hybridized carbons (Fsp3) is 0.562. The largest absolute Gasteiger partial charge is 0.481 e. The van der Waals surface area contributed by atoms with Crippen molar-refractivity contribution < 1.29 is 32.4 Å². The lowest BCUT2D eigenvalue weighted by molar-refractivity contribution is -0.137. The van der Waals surface area contributed by atoms with Crippen LogP contribution in [-0.2, 0) is 20.3 Å². The van der Waals surface area contributed by atoms with Crippen LogP contribution in [0.1, 0.15) is 51.1 Å². The van der Waals surface area contributed by atoms with E-state index in [1.807, 2.05) is 0 Å². The Labute approximate surface area is 153 Å². The molecule has 1 aliphatic heterocycles. The van der Waals surface area contributed by atoms with Gasteiger partial charge in [-0.3, -0.25) is 4.79 Å². The van der Waals surface area contributed by atoms with Crippen LogP contribution in [-0.4, -0.2) is 29.4 Å². The Morgan fingerprint density at radius 2 is 1.76 bits per heavy atom. The van der Waals surface area contributed by atoms with E-state index < -0.39 is 48.3 Å². The van der Waals surface area contributed by atoms with E-state index in [0.29, 0.717) is 4.47 Å². The minimum atomic E-state index is -4.53. The Balaban J connectivity index is 2.48. The summed E-state index contributed by atoms with van der Waals surface area (Å²) in [6, 6.07) is 3.15. The number of carboxylic acids is 1. The Kier molecular flexibility index (Phi) is 5.34. The highest BCUT2D eigenvalue weighted by molar-refractivity contribution is 9.10. The number of carbonyl (C=O) groups is 1. The highest BCUT2D eigenvalue weighted by Gasteiger charge is 2.54. The number of aliphatic carboxylic acids is 1. The van der Waals surface area contributed by atoms with Crippen LogP contribution >= 0.6 is 15.9 Å². The lowest BCUT2D eigenvalue weighted by Crippen LogP contribution is -2.41. The zero-order chi connectivity index (χ0) is 19.2. The molecule has 9 heteroatoms. The summed E-state index contributed by atoms with van der Waals surface area (Å²) in [5.74, 6) is -2.04. The van der Waals surface area contributed by atoms with Gasteiger partial charge in [-0.05, 0) is 51.5 Å². The predicted octanol–water partition coefficient (Wildman–Crippen LogP) is 4.66. The van der Waals surface area contributed by atoms with Crippen molar-refractivity contribution >= 4 is 29.0 Å². The highest BCUT2D eigenvalue weighted by atomic mass is 79.9. The molecule has 25 heavy (non-hydrogen) atoms. The maximum atomic E-state index is 13.1. The molecule has 0 bridgehead atoms. The molecule has 1 atom stereocenters. The molecule has 2 rings (SSSR count). The first kappa shape index (κ1) is 20.3. The summed E-state index contributed by atoms with van der Waals surface area (Å²) in [4.78, 5) is 11.3. The predicted molar refractivity (Wildman–Crippen MR) is 90.2 cm³/mol. The molecule has 0 spiro atoms. The molecule has 138 valence electrons. The van der Waals surface area contributed by atoms with Gasteiger partial charge >= 0.3 is 19.3 Å². The number of rotatable bonds is 4. The zero-order valence-electron chi connectivity index (χ0n) is 14.3. The summed E-state index contributed by atoms with van der Waals surface area (Å²) in [5, 5.41) is 9.24. The van der Waals surface area contributed by atoms with Crippen molar-refractivity contribution in [3.8, 4) is 0 Å². The molecule has 1 saturated heterocycles. The van der Waals surface area contributed by atoms with Crippen LogP contribution in [0.5, 0.6) is 0 Å². The van der Waals surface area contributed by atoms with Gasteiger partial charge in [-0.2, -0.15) is 13.2 Å². The van der Waals surface area contributed by atoms with Crippen LogP contribution in [0.25, 0.3) is 0 Å². The normalized spacial score (nSPS) is 20.6. The Morgan fingerprint density at radius 1 is 1.24 bits per heavy atom. The first-order valence-corrected chi connectivity index (χ1v) is 8.48. The SMILES string of the molecule is CC1(C)OB(C(CC(=O)O)c2cc(C(F)(F)F)ccc2Br)OC1(C)C. The second-order valence-electron chi connectivity index (χ2n) is 7.06. The van der Waals surface area contributed by atoms with E-state index in [4.69, 9.17) is 9.31 Å². The fourth-order valence-electron chi connectivity index (χ4n) is 2.60. The van der Waals surface area contributed by atoms with E-state index in [2.05, 4.69) is 15.9 Å². The van der Waals surface area contributed by atoms with E-state index in [1.165, 1.54) is 6.07 Å². The summed E-state index contributed by atoms with van der Waals surface area (Å²) in [7, 11) is -0.971. The third-order valence-corrected chi connectivity index (χ3v) is 5.44. The average Bonchev–Trinajstić information content (AvgIpc) is 2.64. The van der Waals surface area contributed by atoms with Gasteiger partial charge in [-0.15, -0.1) is 0 Å². The van der Waals surface area contributed by atoms with Crippen LogP contribution in [0.3, 0.4) is 0 Å². The Bertz CT molecular complexity index is 660. The molecule has 1 aromatic rings. The van der Waals surface area contributed by atoms with Gasteiger partial charge < -0.3 is 14.4 Å². The van der Waals surface area contributed by atoms with Gasteiger partial charge in [-0.25, -0.2) is 0 Å². The van der Waals surface area contributed by atoms with Gasteiger partial charge in [0.1, 0.15) is 0 Å². The molecule has 0 saturated carbocycles. The van der Waals surface area contributed by atoms with E-state index >= 15 is 0 Å². The first-order valence-electron chi connectivity index (χ1n) is 7.69. The second-order valence-corrected chi connectivity index (χ2v) is 7.92. The average molecular weight is 423 g/mol. The second kappa shape index (κ2) is 6.59. The summed E-state index contributed by atoms with van der Waals surface area (Å²) in [6.07, 6.45) is -4.95. The maximum absolute atomic E-state index is 13.1. The Morgan fingerprint density at radius 3 is 2.20 bits per heavy atom. The minimum Gasteiger partial charge on any atom is -0.481 e. The van der Waals surface area contributed by atoms with E-state index in [0.717, 1.165) is 12.1 Å². The van der Waals surface area contributed by atoms with Crippen LogP contribution in [0, 0.1) is 0 Å². The summed E-state index contributed by atoms with van der Waals surface area (Å²) in [5.41, 5.74) is -2.10. The molecule has 1 fully saturated rings. The topological polar surface area (TPSA) is 55.8 Å². The molecule has 1 heterocycles. The first-order chi connectivity index (χ1) is 11.2. The summed E-state index contributed by atoms with van der Waals surface area (Å²) >= 11 is 3.22. The third-order valence-electron chi connectivity index (χ3n) is 4.72. The van der Waals surface area contributed by atoms with Crippen LogP contribution in [0.2, 0.25) is 0 Å². The van der Waals surface area contributed by atoms with E-state index in [-0.39, 0.29) is 5.56 Å². The van der Waals surface area contributed by atoms with Gasteiger partial charge in [0.15, 0.2) is 0 Å². The number of hydrogen-bond donors (Lipinski definition) is 1. The van der Waals surface area contributed by atoms with Crippen molar-refractivity contribution in [1.29, 1.82) is 0 Å². The van der Waals surface area contributed by atoms with Gasteiger partial charge in [-0.1, -0.05) is 15.9 Å². The van der Waals surface area contributed by atoms with Gasteiger partial charge in [0.25, 0.3) is 0 Å². The molecule has 0 radical (unpaired) electrons. The fourth-order valence-corrected chi connectivity index (χ4v) is 3.14. The van der Waals surface area contributed by atoms with E-state index in [1.54, 1.807) is 27.7 Å². The zero-order valence-corrected chi connectivity index (χ0v) is 15.9. The van der Waals surface area contributed by atoms with Crippen molar-refractivity contribution in [1.82, 2.24) is 0 Å². The smallest absolute Gasteiger partial charge is 0.466 e. The minimum absolute atomic E-state index is 0.190. The Hall–Kier alpha value is -1.06. The van der Waals surface area contributed by atoms with Gasteiger partial charge in [0.2, 0.25) is 0 Å². The van der Waals surface area contributed by atoms with Crippen LogP contribution in [0.4, 0.5) is 13.2 Å². The number of hydrogen-bond acceptors (Lipinski definition) is 3. The van der Waals surface area contributed by atoms with Crippen molar-refractivity contribution in [3.05, 3.63) is 33.8 Å². The molecular weight excluding hydrogens is 404 g/mol. The third kappa shape index (κ3) is 4.20. The molecule has 1 N–H and O–H groups in total. The number of carboxylic acid groups (broad SMARTS) is 1. The van der Waals surface area contributed by atoms with E-state index in [9.17, 15) is 23.1 Å². The summed E-state index contributed by atoms with van der Waals surface area (Å²) < 4.78 is 51.3. The van der Waals surface area contributed by atoms with Crippen LogP contribution < -0.4 is 0 Å². The molecule has 0 amide bonds. The quantitative estimate of drug-likeness (QED) is 0.717. The number of benzene rings is 1. The molecular formula is C16H19BBrF3O4. The maximum Gasteiger partial charge on any atom is 0.466 e. The van der Waals surface area contributed by atoms with Crippen molar-refractivity contribution in [3.63, 3.8) is 0 Å². The molecule has 0 aliphatic carbocycles. The number of alkyl halides is 3. The molecule has 0 aromatic heterocycles. The molecule has 1 aromatic carbocycles. The standard InChI is InChI=1S/C16H19BBrF3O4/c1-14(2)15(3,4)25-17(24-14)11(8-13(22)23)10-7-9(16(19,20)21)5-6-12(10)18/h5-7,11H,8H2,1-4H3,(H,22,23). The highest BCUT2D eigenvalue weighted by Crippen LogP contribution is 2.44. The van der Waals surface area contributed by atoms with Crippen LogP contribution in [0.15, 0.2) is 22.7 Å². The molecule has 1 unspecified atom stereocenters. The molecule has 1 aliphatic rings. The number of halogens is 4. The van der Waals surface area contributed by atoms with Crippen molar-refractivity contribution in [2.45, 2.75) is 57.3 Å².